The first kappa shape index (κ1) is 21.3. The largest absolute Gasteiger partial charge is 0.495 e. The average molecular weight is 444 g/mol. The minimum atomic E-state index is -0.158. The molecule has 6 heteroatoms. The Morgan fingerprint density at radius 3 is 2.67 bits per heavy atom. The molecule has 3 aromatic rings. The fourth-order valence-corrected chi connectivity index (χ4v) is 4.61. The molecule has 0 saturated carbocycles. The molecule has 0 unspecified atom stereocenters. The lowest BCUT2D eigenvalue weighted by Crippen LogP contribution is -2.36. The lowest BCUT2D eigenvalue weighted by Gasteiger charge is -2.29. The summed E-state index contributed by atoms with van der Waals surface area (Å²) < 4.78 is 11.3. The van der Waals surface area contributed by atoms with E-state index in [1.54, 1.807) is 12.0 Å². The first-order valence-electron chi connectivity index (χ1n) is 11.4. The molecule has 6 nitrogen and oxygen atoms in total. The number of carbonyl (C=O) groups is 1. The number of methoxy groups -OCH3 is 1. The Kier molecular flexibility index (Phi) is 6.17. The van der Waals surface area contributed by atoms with Gasteiger partial charge in [-0.15, -0.1) is 0 Å². The SMILES string of the molecule is COc1ccccc1NC(=O)N1CCOc2ccc(CN3CCc4ccccc4C3)cc2C1. The fourth-order valence-electron chi connectivity index (χ4n) is 4.61. The van der Waals surface area contributed by atoms with E-state index in [0.29, 0.717) is 31.1 Å². The van der Waals surface area contributed by atoms with Crippen molar-refractivity contribution < 1.29 is 14.3 Å². The minimum Gasteiger partial charge on any atom is -0.495 e. The van der Waals surface area contributed by atoms with E-state index in [-0.39, 0.29) is 6.03 Å². The minimum absolute atomic E-state index is 0.158. The number of hydrogen-bond acceptors (Lipinski definition) is 4. The van der Waals surface area contributed by atoms with Crippen molar-refractivity contribution in [2.45, 2.75) is 26.1 Å². The van der Waals surface area contributed by atoms with Gasteiger partial charge in [0.05, 0.1) is 25.9 Å². The van der Waals surface area contributed by atoms with Gasteiger partial charge in [-0.25, -0.2) is 4.79 Å². The number of amides is 2. The molecular formula is C27H29N3O3. The quantitative estimate of drug-likeness (QED) is 0.636. The smallest absolute Gasteiger partial charge is 0.322 e. The highest BCUT2D eigenvalue weighted by Gasteiger charge is 2.22. The van der Waals surface area contributed by atoms with Crippen molar-refractivity contribution in [3.63, 3.8) is 0 Å². The van der Waals surface area contributed by atoms with E-state index >= 15 is 0 Å². The topological polar surface area (TPSA) is 54.0 Å². The van der Waals surface area contributed by atoms with Gasteiger partial charge in [0, 0.05) is 25.2 Å². The van der Waals surface area contributed by atoms with Crippen molar-refractivity contribution in [2.24, 2.45) is 0 Å². The summed E-state index contributed by atoms with van der Waals surface area (Å²) in [5.74, 6) is 1.50. The van der Waals surface area contributed by atoms with Crippen molar-refractivity contribution in [1.29, 1.82) is 0 Å². The summed E-state index contributed by atoms with van der Waals surface area (Å²) >= 11 is 0. The Morgan fingerprint density at radius 2 is 1.79 bits per heavy atom. The van der Waals surface area contributed by atoms with E-state index in [0.717, 1.165) is 37.4 Å². The fraction of sp³-hybridized carbons (Fsp3) is 0.296. The maximum atomic E-state index is 13.0. The third-order valence-corrected chi connectivity index (χ3v) is 6.36. The second-order valence-corrected chi connectivity index (χ2v) is 8.57. The van der Waals surface area contributed by atoms with Gasteiger partial charge in [-0.05, 0) is 47.4 Å². The number of hydrogen-bond donors (Lipinski definition) is 1. The van der Waals surface area contributed by atoms with Gasteiger partial charge in [-0.3, -0.25) is 4.90 Å². The number of rotatable bonds is 4. The number of anilines is 1. The summed E-state index contributed by atoms with van der Waals surface area (Å²) in [6, 6.07) is 22.4. The molecule has 0 atom stereocenters. The van der Waals surface area contributed by atoms with Gasteiger partial charge in [0.15, 0.2) is 0 Å². The summed E-state index contributed by atoms with van der Waals surface area (Å²) in [6.07, 6.45) is 1.08. The molecule has 2 amide bonds. The van der Waals surface area contributed by atoms with E-state index in [1.807, 2.05) is 30.3 Å². The average Bonchev–Trinajstić information content (AvgIpc) is 3.06. The van der Waals surface area contributed by atoms with Crippen LogP contribution in [0.4, 0.5) is 10.5 Å². The van der Waals surface area contributed by atoms with Gasteiger partial charge in [-0.1, -0.05) is 42.5 Å². The number of para-hydroxylation sites is 2. The molecule has 2 aliphatic rings. The summed E-state index contributed by atoms with van der Waals surface area (Å²) in [7, 11) is 1.60. The molecule has 1 N–H and O–H groups in total. The van der Waals surface area contributed by atoms with Gasteiger partial charge in [0.1, 0.15) is 18.1 Å². The lowest BCUT2D eigenvalue weighted by atomic mass is 9.99. The predicted molar refractivity (Wildman–Crippen MR) is 129 cm³/mol. The second kappa shape index (κ2) is 9.55. The van der Waals surface area contributed by atoms with Crippen LogP contribution < -0.4 is 14.8 Å². The zero-order chi connectivity index (χ0) is 22.6. The molecule has 0 spiro atoms. The van der Waals surface area contributed by atoms with E-state index in [9.17, 15) is 4.79 Å². The number of carbonyl (C=O) groups excluding carboxylic acids is 1. The highest BCUT2D eigenvalue weighted by atomic mass is 16.5. The summed E-state index contributed by atoms with van der Waals surface area (Å²) in [6.45, 7) is 4.40. The van der Waals surface area contributed by atoms with Crippen LogP contribution in [-0.4, -0.2) is 42.6 Å². The van der Waals surface area contributed by atoms with Crippen LogP contribution in [0.3, 0.4) is 0 Å². The summed E-state index contributed by atoms with van der Waals surface area (Å²) in [5, 5.41) is 2.98. The molecule has 0 bridgehead atoms. The van der Waals surface area contributed by atoms with Gasteiger partial charge in [-0.2, -0.15) is 0 Å². The number of nitrogens with one attached hydrogen (secondary N) is 1. The predicted octanol–water partition coefficient (Wildman–Crippen LogP) is 4.68. The first-order valence-corrected chi connectivity index (χ1v) is 11.4. The van der Waals surface area contributed by atoms with E-state index < -0.39 is 0 Å². The summed E-state index contributed by atoms with van der Waals surface area (Å²) in [4.78, 5) is 17.3. The zero-order valence-electron chi connectivity index (χ0n) is 18.9. The maximum Gasteiger partial charge on any atom is 0.322 e. The molecule has 0 radical (unpaired) electrons. The Morgan fingerprint density at radius 1 is 0.970 bits per heavy atom. The van der Waals surface area contributed by atoms with Crippen molar-refractivity contribution >= 4 is 11.7 Å². The van der Waals surface area contributed by atoms with Gasteiger partial charge < -0.3 is 19.7 Å². The van der Waals surface area contributed by atoms with Crippen LogP contribution in [0.2, 0.25) is 0 Å². The third kappa shape index (κ3) is 4.81. The highest BCUT2D eigenvalue weighted by molar-refractivity contribution is 5.91. The highest BCUT2D eigenvalue weighted by Crippen LogP contribution is 2.28. The molecule has 2 heterocycles. The zero-order valence-corrected chi connectivity index (χ0v) is 18.9. The molecule has 0 fully saturated rings. The van der Waals surface area contributed by atoms with Crippen LogP contribution in [0.1, 0.15) is 22.3 Å². The molecular weight excluding hydrogens is 414 g/mol. The molecule has 170 valence electrons. The Labute approximate surface area is 194 Å². The lowest BCUT2D eigenvalue weighted by molar-refractivity contribution is 0.200. The van der Waals surface area contributed by atoms with Crippen LogP contribution in [0.5, 0.6) is 11.5 Å². The van der Waals surface area contributed by atoms with E-state index in [4.69, 9.17) is 9.47 Å². The van der Waals surface area contributed by atoms with Crippen molar-refractivity contribution in [1.82, 2.24) is 9.80 Å². The Balaban J connectivity index is 1.28. The number of urea groups is 1. The molecule has 0 saturated heterocycles. The normalized spacial score (nSPS) is 15.6. The maximum absolute atomic E-state index is 13.0. The number of fused-ring (bicyclic) bond motifs is 2. The summed E-state index contributed by atoms with van der Waals surface area (Å²) in [5.41, 5.74) is 5.82. The Hall–Kier alpha value is -3.51. The molecule has 5 rings (SSSR count). The van der Waals surface area contributed by atoms with Crippen molar-refractivity contribution in [3.05, 3.63) is 89.0 Å². The van der Waals surface area contributed by atoms with Crippen LogP contribution in [0.15, 0.2) is 66.7 Å². The molecule has 2 aliphatic heterocycles. The Bertz CT molecular complexity index is 1150. The molecule has 33 heavy (non-hydrogen) atoms. The second-order valence-electron chi connectivity index (χ2n) is 8.57. The first-order chi connectivity index (χ1) is 16.2. The standard InChI is InChI=1S/C27H29N3O3/c1-32-26-9-5-4-8-24(26)28-27(31)30-14-15-33-25-11-10-20(16-23(25)19-30)17-29-13-12-21-6-2-3-7-22(21)18-29/h2-11,16H,12-15,17-19H2,1H3,(H,28,31). The van der Waals surface area contributed by atoms with Crippen LogP contribution in [0, 0.1) is 0 Å². The van der Waals surface area contributed by atoms with E-state index in [2.05, 4.69) is 46.6 Å². The van der Waals surface area contributed by atoms with E-state index in [1.165, 1.54) is 16.7 Å². The third-order valence-electron chi connectivity index (χ3n) is 6.36. The van der Waals surface area contributed by atoms with Crippen molar-refractivity contribution in [3.8, 4) is 11.5 Å². The van der Waals surface area contributed by atoms with Gasteiger partial charge in [0.2, 0.25) is 0 Å². The van der Waals surface area contributed by atoms with Crippen LogP contribution >= 0.6 is 0 Å². The van der Waals surface area contributed by atoms with Crippen LogP contribution in [0.25, 0.3) is 0 Å². The number of nitrogens with zero attached hydrogens (tertiary/aromatic N) is 2. The van der Waals surface area contributed by atoms with Gasteiger partial charge >= 0.3 is 6.03 Å². The number of benzene rings is 3. The molecule has 0 aromatic heterocycles. The monoisotopic (exact) mass is 443 g/mol. The van der Waals surface area contributed by atoms with Crippen molar-refractivity contribution in [2.75, 3.05) is 32.1 Å². The number of ether oxygens (including phenoxy) is 2. The molecule has 0 aliphatic carbocycles. The molecule has 3 aromatic carbocycles. The van der Waals surface area contributed by atoms with Gasteiger partial charge in [0.25, 0.3) is 0 Å². The van der Waals surface area contributed by atoms with Crippen LogP contribution in [-0.2, 0) is 26.1 Å².